The van der Waals surface area contributed by atoms with Gasteiger partial charge in [0, 0.05) is 7.05 Å². The van der Waals surface area contributed by atoms with Crippen LogP contribution in [0.25, 0.3) is 0 Å². The van der Waals surface area contributed by atoms with Crippen LogP contribution < -0.4 is 9.64 Å². The van der Waals surface area contributed by atoms with Gasteiger partial charge in [-0.1, -0.05) is 36.0 Å². The highest BCUT2D eigenvalue weighted by Gasteiger charge is 2.45. The van der Waals surface area contributed by atoms with Crippen molar-refractivity contribution >= 4 is 29.4 Å². The van der Waals surface area contributed by atoms with Crippen molar-refractivity contribution in [2.45, 2.75) is 10.3 Å². The number of ether oxygens (including phenoxy) is 1. The Morgan fingerprint density at radius 2 is 1.75 bits per heavy atom. The van der Waals surface area contributed by atoms with Crippen LogP contribution in [0.3, 0.4) is 0 Å². The second kappa shape index (κ2) is 6.52. The molecule has 7 heteroatoms. The molecule has 0 radical (unpaired) electrons. The van der Waals surface area contributed by atoms with E-state index in [2.05, 4.69) is 0 Å². The fourth-order valence-corrected chi connectivity index (χ4v) is 3.57. The van der Waals surface area contributed by atoms with Crippen molar-refractivity contribution < 1.29 is 18.7 Å². The Balaban J connectivity index is 1.92. The molecule has 124 valence electrons. The molecule has 0 saturated carbocycles. The zero-order valence-electron chi connectivity index (χ0n) is 13.1. The van der Waals surface area contributed by atoms with Gasteiger partial charge in [0.1, 0.15) is 11.6 Å². The van der Waals surface area contributed by atoms with E-state index < -0.39 is 23.1 Å². The molecule has 5 nitrogen and oxygen atoms in total. The molecule has 2 aromatic carbocycles. The molecule has 1 fully saturated rings. The van der Waals surface area contributed by atoms with Crippen LogP contribution in [0.2, 0.25) is 0 Å². The van der Waals surface area contributed by atoms with E-state index in [1.54, 1.807) is 18.2 Å². The summed E-state index contributed by atoms with van der Waals surface area (Å²) < 4.78 is 19.3. The molecule has 3 rings (SSSR count). The van der Waals surface area contributed by atoms with E-state index >= 15 is 0 Å². The molecule has 1 aliphatic heterocycles. The normalized spacial score (nSPS) is 17.5. The van der Waals surface area contributed by atoms with Crippen molar-refractivity contribution in [3.8, 4) is 5.75 Å². The molecule has 1 atom stereocenters. The summed E-state index contributed by atoms with van der Waals surface area (Å²) in [4.78, 5) is 28.1. The fourth-order valence-electron chi connectivity index (χ4n) is 2.45. The molecule has 0 aliphatic carbocycles. The van der Waals surface area contributed by atoms with E-state index in [-0.39, 0.29) is 5.69 Å². The number of amides is 3. The van der Waals surface area contributed by atoms with Gasteiger partial charge in [-0.15, -0.1) is 0 Å². The van der Waals surface area contributed by atoms with Gasteiger partial charge in [0.05, 0.1) is 17.7 Å². The first-order valence-electron chi connectivity index (χ1n) is 7.19. The van der Waals surface area contributed by atoms with Crippen LogP contribution in [-0.2, 0) is 4.79 Å². The van der Waals surface area contributed by atoms with Crippen LogP contribution in [0.1, 0.15) is 0 Å². The maximum absolute atomic E-state index is 14.0. The number of anilines is 1. The quantitative estimate of drug-likeness (QED) is 0.797. The van der Waals surface area contributed by atoms with Crippen molar-refractivity contribution in [1.29, 1.82) is 0 Å². The minimum atomic E-state index is -0.784. The van der Waals surface area contributed by atoms with Crippen LogP contribution in [0.4, 0.5) is 14.9 Å². The van der Waals surface area contributed by atoms with E-state index in [4.69, 9.17) is 4.74 Å². The number of para-hydroxylation sites is 2. The predicted molar refractivity (Wildman–Crippen MR) is 89.7 cm³/mol. The summed E-state index contributed by atoms with van der Waals surface area (Å²) in [7, 11) is 3.06. The van der Waals surface area contributed by atoms with Crippen molar-refractivity contribution in [3.05, 3.63) is 54.3 Å². The van der Waals surface area contributed by atoms with Crippen LogP contribution in [0.5, 0.6) is 5.75 Å². The number of benzene rings is 2. The highest BCUT2D eigenvalue weighted by atomic mass is 32.2. The Kier molecular flexibility index (Phi) is 4.44. The Morgan fingerprint density at radius 1 is 1.08 bits per heavy atom. The lowest BCUT2D eigenvalue weighted by Gasteiger charge is -2.16. The zero-order chi connectivity index (χ0) is 17.3. The second-order valence-electron chi connectivity index (χ2n) is 5.14. The summed E-state index contributed by atoms with van der Waals surface area (Å²) in [6, 6.07) is 12.4. The lowest BCUT2D eigenvalue weighted by atomic mass is 10.3. The number of carbonyl (C=O) groups excluding carboxylic acids is 2. The molecular formula is C17H15FN2O3S. The Labute approximate surface area is 143 Å². The summed E-state index contributed by atoms with van der Waals surface area (Å²) in [5.74, 6) is -0.487. The molecule has 0 N–H and O–H groups in total. The van der Waals surface area contributed by atoms with Crippen molar-refractivity contribution in [2.75, 3.05) is 19.1 Å². The number of rotatable bonds is 4. The van der Waals surface area contributed by atoms with Gasteiger partial charge in [-0.25, -0.2) is 14.1 Å². The minimum Gasteiger partial charge on any atom is -0.496 e. The van der Waals surface area contributed by atoms with Crippen LogP contribution in [0.15, 0.2) is 53.4 Å². The van der Waals surface area contributed by atoms with Crippen LogP contribution >= 0.6 is 11.8 Å². The third-order valence-electron chi connectivity index (χ3n) is 3.68. The molecule has 3 amide bonds. The summed E-state index contributed by atoms with van der Waals surface area (Å²) >= 11 is 1.19. The Bertz CT molecular complexity index is 799. The van der Waals surface area contributed by atoms with Gasteiger partial charge >= 0.3 is 6.03 Å². The zero-order valence-corrected chi connectivity index (χ0v) is 13.9. The number of halogens is 1. The second-order valence-corrected chi connectivity index (χ2v) is 6.26. The van der Waals surface area contributed by atoms with Gasteiger partial charge in [-0.3, -0.25) is 4.79 Å². The van der Waals surface area contributed by atoms with Crippen LogP contribution in [-0.4, -0.2) is 36.4 Å². The minimum absolute atomic E-state index is 0.0394. The number of carbonyl (C=O) groups is 2. The maximum Gasteiger partial charge on any atom is 0.332 e. The molecule has 1 aliphatic rings. The monoisotopic (exact) mass is 346 g/mol. The maximum atomic E-state index is 14.0. The molecule has 0 bridgehead atoms. The summed E-state index contributed by atoms with van der Waals surface area (Å²) in [6.45, 7) is 0. The topological polar surface area (TPSA) is 49.9 Å². The number of hydrogen-bond acceptors (Lipinski definition) is 4. The smallest absolute Gasteiger partial charge is 0.332 e. The Hall–Kier alpha value is -2.54. The van der Waals surface area contributed by atoms with E-state index in [0.29, 0.717) is 5.75 Å². The summed E-state index contributed by atoms with van der Waals surface area (Å²) in [5.41, 5.74) is -0.0394. The number of nitrogens with zero attached hydrogens (tertiary/aromatic N) is 2. The molecule has 1 unspecified atom stereocenters. The Morgan fingerprint density at radius 3 is 2.46 bits per heavy atom. The van der Waals surface area contributed by atoms with Gasteiger partial charge in [-0.05, 0) is 24.3 Å². The average Bonchev–Trinajstić information content (AvgIpc) is 2.80. The summed E-state index contributed by atoms with van der Waals surface area (Å²) in [6.07, 6.45) is 0. The van der Waals surface area contributed by atoms with E-state index in [1.807, 2.05) is 12.1 Å². The van der Waals surface area contributed by atoms with Crippen molar-refractivity contribution in [2.24, 2.45) is 0 Å². The molecular weight excluding hydrogens is 331 g/mol. The number of likely N-dealkylation sites (N-methyl/N-ethyl adjacent to an activating group) is 1. The van der Waals surface area contributed by atoms with Gasteiger partial charge in [-0.2, -0.15) is 0 Å². The largest absolute Gasteiger partial charge is 0.496 e. The standard InChI is InChI=1S/C17H15FN2O3S/c1-19-16(24-14-10-6-5-9-13(14)23-2)15(21)20(17(19)22)12-8-4-3-7-11(12)18/h3-10,16H,1-2H3. The number of hydrogen-bond donors (Lipinski definition) is 0. The first kappa shape index (κ1) is 16.3. The lowest BCUT2D eigenvalue weighted by molar-refractivity contribution is -0.117. The highest BCUT2D eigenvalue weighted by Crippen LogP contribution is 2.38. The summed E-state index contributed by atoms with van der Waals surface area (Å²) in [5, 5.41) is -0.784. The number of thioether (sulfide) groups is 1. The fraction of sp³-hybridized carbons (Fsp3) is 0.176. The number of urea groups is 1. The molecule has 24 heavy (non-hydrogen) atoms. The lowest BCUT2D eigenvalue weighted by Crippen LogP contribution is -2.32. The van der Waals surface area contributed by atoms with E-state index in [9.17, 15) is 14.0 Å². The number of methoxy groups -OCH3 is 1. The van der Waals surface area contributed by atoms with Gasteiger partial charge in [0.15, 0.2) is 5.37 Å². The predicted octanol–water partition coefficient (Wildman–Crippen LogP) is 3.35. The van der Waals surface area contributed by atoms with Gasteiger partial charge in [0.25, 0.3) is 5.91 Å². The molecule has 0 aromatic heterocycles. The molecule has 1 heterocycles. The van der Waals surface area contributed by atoms with Crippen molar-refractivity contribution in [1.82, 2.24) is 4.90 Å². The first-order valence-corrected chi connectivity index (χ1v) is 8.07. The SMILES string of the molecule is COc1ccccc1SC1C(=O)N(c2ccccc2F)C(=O)N1C. The van der Waals surface area contributed by atoms with E-state index in [1.165, 1.54) is 49.0 Å². The average molecular weight is 346 g/mol. The molecule has 2 aromatic rings. The third kappa shape index (κ3) is 2.71. The van der Waals surface area contributed by atoms with E-state index in [0.717, 1.165) is 9.80 Å². The molecule has 1 saturated heterocycles. The number of imide groups is 1. The highest BCUT2D eigenvalue weighted by molar-refractivity contribution is 8.00. The van der Waals surface area contributed by atoms with Gasteiger partial charge < -0.3 is 9.64 Å². The van der Waals surface area contributed by atoms with Crippen LogP contribution in [0, 0.1) is 5.82 Å². The first-order chi connectivity index (χ1) is 11.5. The van der Waals surface area contributed by atoms with Crippen molar-refractivity contribution in [3.63, 3.8) is 0 Å². The van der Waals surface area contributed by atoms with Gasteiger partial charge in [0.2, 0.25) is 0 Å². The third-order valence-corrected chi connectivity index (χ3v) is 5.01. The molecule has 0 spiro atoms.